The molecule has 0 amide bonds. The van der Waals surface area contributed by atoms with Crippen LogP contribution in [0.3, 0.4) is 0 Å². The molecule has 0 aliphatic heterocycles. The molecule has 35 heavy (non-hydrogen) atoms. The number of benzene rings is 3. The fraction of sp³-hybridized carbons (Fsp3) is 0.323. The predicted molar refractivity (Wildman–Crippen MR) is 147 cm³/mol. The molecule has 0 saturated carbocycles. The van der Waals surface area contributed by atoms with Crippen LogP contribution in [0, 0.1) is 0 Å². The Kier molecular flexibility index (Phi) is 9.01. The van der Waals surface area contributed by atoms with E-state index in [1.165, 1.54) is 0 Å². The van der Waals surface area contributed by atoms with Gasteiger partial charge in [-0.1, -0.05) is 118 Å². The highest BCUT2D eigenvalue weighted by Crippen LogP contribution is 2.42. The van der Waals surface area contributed by atoms with Gasteiger partial charge in [0.15, 0.2) is 8.32 Å². The Bertz CT molecular complexity index is 974. The van der Waals surface area contributed by atoms with Crippen LogP contribution in [0.5, 0.6) is 0 Å². The summed E-state index contributed by atoms with van der Waals surface area (Å²) in [5.41, 5.74) is 2.39. The van der Waals surface area contributed by atoms with Crippen molar-refractivity contribution in [2.45, 2.75) is 57.0 Å². The summed E-state index contributed by atoms with van der Waals surface area (Å²) in [6, 6.07) is 31.1. The third kappa shape index (κ3) is 6.46. The summed E-state index contributed by atoms with van der Waals surface area (Å²) >= 11 is 0. The van der Waals surface area contributed by atoms with E-state index in [-0.39, 0.29) is 11.1 Å². The van der Waals surface area contributed by atoms with Gasteiger partial charge in [-0.2, -0.15) is 0 Å². The molecule has 3 nitrogen and oxygen atoms in total. The SMILES string of the molecule is CC(C)(C)[Si](C)(C)O[C@@H](C/C=C/C=O)COC(c1ccccc1)(c1ccccc1)c1ccccc1. The van der Waals surface area contributed by atoms with Crippen molar-refractivity contribution < 1.29 is 14.0 Å². The molecule has 0 unspecified atom stereocenters. The van der Waals surface area contributed by atoms with Gasteiger partial charge in [0.05, 0.1) is 12.7 Å². The lowest BCUT2D eigenvalue weighted by Crippen LogP contribution is -2.46. The lowest BCUT2D eigenvalue weighted by molar-refractivity contribution is -0.104. The molecule has 0 aliphatic rings. The second-order valence-corrected chi connectivity index (χ2v) is 15.1. The first-order chi connectivity index (χ1) is 16.7. The lowest BCUT2D eigenvalue weighted by atomic mass is 9.80. The average Bonchev–Trinajstić information content (AvgIpc) is 2.85. The van der Waals surface area contributed by atoms with Gasteiger partial charge in [0.1, 0.15) is 11.9 Å². The van der Waals surface area contributed by atoms with Gasteiger partial charge >= 0.3 is 0 Å². The second kappa shape index (κ2) is 11.8. The largest absolute Gasteiger partial charge is 0.411 e. The maximum atomic E-state index is 11.0. The van der Waals surface area contributed by atoms with E-state index in [1.54, 1.807) is 6.08 Å². The van der Waals surface area contributed by atoms with Crippen molar-refractivity contribution in [3.63, 3.8) is 0 Å². The van der Waals surface area contributed by atoms with Gasteiger partial charge in [-0.05, 0) is 47.3 Å². The third-order valence-electron chi connectivity index (χ3n) is 6.91. The van der Waals surface area contributed by atoms with Gasteiger partial charge in [0.2, 0.25) is 0 Å². The molecule has 184 valence electrons. The van der Waals surface area contributed by atoms with E-state index < -0.39 is 13.9 Å². The number of rotatable bonds is 11. The predicted octanol–water partition coefficient (Wildman–Crippen LogP) is 7.53. The van der Waals surface area contributed by atoms with Crippen LogP contribution in [0.4, 0.5) is 0 Å². The van der Waals surface area contributed by atoms with Crippen LogP contribution in [0.25, 0.3) is 0 Å². The monoisotopic (exact) mass is 486 g/mol. The zero-order valence-corrected chi connectivity index (χ0v) is 22.6. The van der Waals surface area contributed by atoms with E-state index in [9.17, 15) is 4.79 Å². The summed E-state index contributed by atoms with van der Waals surface area (Å²) in [6.07, 6.45) is 4.67. The molecule has 0 radical (unpaired) electrons. The Morgan fingerprint density at radius 1 is 0.771 bits per heavy atom. The molecule has 0 fully saturated rings. The Hall–Kier alpha value is -2.79. The lowest BCUT2D eigenvalue weighted by Gasteiger charge is -2.41. The number of hydrogen-bond donors (Lipinski definition) is 0. The summed E-state index contributed by atoms with van der Waals surface area (Å²) in [6.45, 7) is 11.6. The van der Waals surface area contributed by atoms with Crippen molar-refractivity contribution in [1.29, 1.82) is 0 Å². The van der Waals surface area contributed by atoms with Crippen LogP contribution in [-0.2, 0) is 19.6 Å². The summed E-state index contributed by atoms with van der Waals surface area (Å²) < 4.78 is 13.8. The molecule has 0 aromatic heterocycles. The van der Waals surface area contributed by atoms with Gasteiger partial charge in [-0.3, -0.25) is 4.79 Å². The van der Waals surface area contributed by atoms with E-state index in [1.807, 2.05) is 24.3 Å². The maximum Gasteiger partial charge on any atom is 0.192 e. The topological polar surface area (TPSA) is 35.5 Å². The van der Waals surface area contributed by atoms with E-state index in [0.29, 0.717) is 13.0 Å². The summed E-state index contributed by atoms with van der Waals surface area (Å²) in [5.74, 6) is 0. The molecule has 0 aliphatic carbocycles. The number of carbonyl (C=O) groups excluding carboxylic acids is 1. The van der Waals surface area contributed by atoms with Crippen LogP contribution < -0.4 is 0 Å². The molecule has 3 aromatic carbocycles. The summed E-state index contributed by atoms with van der Waals surface area (Å²) in [7, 11) is -2.06. The van der Waals surface area contributed by atoms with Crippen molar-refractivity contribution in [1.82, 2.24) is 0 Å². The fourth-order valence-electron chi connectivity index (χ4n) is 4.02. The van der Waals surface area contributed by atoms with Gasteiger partial charge in [-0.15, -0.1) is 0 Å². The third-order valence-corrected chi connectivity index (χ3v) is 11.4. The quantitative estimate of drug-likeness (QED) is 0.122. The van der Waals surface area contributed by atoms with Crippen molar-refractivity contribution in [3.05, 3.63) is 120 Å². The molecule has 0 spiro atoms. The highest BCUT2D eigenvalue weighted by Gasteiger charge is 2.41. The minimum absolute atomic E-state index is 0.0645. The molecule has 0 saturated heterocycles. The summed E-state index contributed by atoms with van der Waals surface area (Å²) in [5, 5.41) is 0.0645. The molecule has 0 bridgehead atoms. The van der Waals surface area contributed by atoms with Crippen molar-refractivity contribution >= 4 is 14.6 Å². The summed E-state index contributed by atoms with van der Waals surface area (Å²) in [4.78, 5) is 11.0. The van der Waals surface area contributed by atoms with Crippen molar-refractivity contribution in [2.75, 3.05) is 6.61 Å². The first-order valence-corrected chi connectivity index (χ1v) is 15.2. The normalized spacial score (nSPS) is 13.6. The molecule has 3 rings (SSSR count). The van der Waals surface area contributed by atoms with E-state index >= 15 is 0 Å². The van der Waals surface area contributed by atoms with Gasteiger partial charge < -0.3 is 9.16 Å². The Morgan fingerprint density at radius 3 is 1.57 bits per heavy atom. The smallest absolute Gasteiger partial charge is 0.192 e. The molecular formula is C31H38O3Si. The Balaban J connectivity index is 2.07. The van der Waals surface area contributed by atoms with Crippen molar-refractivity contribution in [3.8, 4) is 0 Å². The van der Waals surface area contributed by atoms with E-state index in [4.69, 9.17) is 9.16 Å². The zero-order valence-electron chi connectivity index (χ0n) is 21.6. The fourth-order valence-corrected chi connectivity index (χ4v) is 5.37. The van der Waals surface area contributed by atoms with Crippen LogP contribution in [0.2, 0.25) is 18.1 Å². The van der Waals surface area contributed by atoms with E-state index in [2.05, 4.69) is 107 Å². The minimum atomic E-state index is -2.06. The highest BCUT2D eigenvalue weighted by atomic mass is 28.4. The standard InChI is InChI=1S/C31H38O3Si/c1-30(2,3)35(4,5)34-29(23-15-16-24-32)25-33-31(26-17-9-6-10-18-26,27-19-11-7-12-20-27)28-21-13-8-14-22-28/h6-22,24,29H,23,25H2,1-5H3/b16-15+/t29-/m0/s1. The zero-order chi connectivity index (χ0) is 25.4. The van der Waals surface area contributed by atoms with Crippen LogP contribution >= 0.6 is 0 Å². The molecule has 4 heteroatoms. The second-order valence-electron chi connectivity index (χ2n) is 10.4. The van der Waals surface area contributed by atoms with Gasteiger partial charge in [0, 0.05) is 0 Å². The van der Waals surface area contributed by atoms with E-state index in [0.717, 1.165) is 23.0 Å². The molecular weight excluding hydrogens is 448 g/mol. The van der Waals surface area contributed by atoms with Crippen molar-refractivity contribution in [2.24, 2.45) is 0 Å². The highest BCUT2D eigenvalue weighted by molar-refractivity contribution is 6.74. The number of allylic oxidation sites excluding steroid dienone is 1. The first kappa shape index (κ1) is 26.8. The number of ether oxygens (including phenoxy) is 1. The van der Waals surface area contributed by atoms with Gasteiger partial charge in [0.25, 0.3) is 0 Å². The first-order valence-electron chi connectivity index (χ1n) is 12.3. The molecule has 1 atom stereocenters. The van der Waals surface area contributed by atoms with Crippen LogP contribution in [-0.4, -0.2) is 27.3 Å². The number of hydrogen-bond acceptors (Lipinski definition) is 3. The Labute approximate surface area is 211 Å². The molecule has 0 N–H and O–H groups in total. The average molecular weight is 487 g/mol. The van der Waals surface area contributed by atoms with Gasteiger partial charge in [-0.25, -0.2) is 0 Å². The number of carbonyl (C=O) groups is 1. The minimum Gasteiger partial charge on any atom is -0.411 e. The Morgan fingerprint density at radius 2 is 1.20 bits per heavy atom. The molecule has 3 aromatic rings. The number of aldehydes is 1. The van der Waals surface area contributed by atoms with Crippen LogP contribution in [0.15, 0.2) is 103 Å². The molecule has 0 heterocycles. The van der Waals surface area contributed by atoms with Crippen LogP contribution in [0.1, 0.15) is 43.9 Å². The maximum absolute atomic E-state index is 11.0.